The zero-order chi connectivity index (χ0) is 13.5. The van der Waals surface area contributed by atoms with E-state index >= 15 is 0 Å². The molecule has 0 unspecified atom stereocenters. The summed E-state index contributed by atoms with van der Waals surface area (Å²) in [4.78, 5) is 15.5. The Kier molecular flexibility index (Phi) is 6.29. The molecule has 1 heterocycles. The molecule has 0 aromatic carbocycles. The molecule has 5 heteroatoms. The summed E-state index contributed by atoms with van der Waals surface area (Å²) in [5.41, 5.74) is 5.51. The molecule has 18 heavy (non-hydrogen) atoms. The van der Waals surface area contributed by atoms with Crippen LogP contribution in [0.3, 0.4) is 0 Å². The molecule has 0 aliphatic carbocycles. The standard InChI is InChI=1S/C13H20N2OS2/c1-10(2)15(9-12(14)17)13(16)7-3-5-11-6-4-8-18-11/h4,6,8,10H,3,5,7,9H2,1-2H3,(H2,14,17). The number of hydrogen-bond donors (Lipinski definition) is 1. The summed E-state index contributed by atoms with van der Waals surface area (Å²) in [7, 11) is 0. The molecule has 0 aliphatic rings. The molecule has 0 saturated carbocycles. The van der Waals surface area contributed by atoms with Gasteiger partial charge in [-0.15, -0.1) is 11.3 Å². The fourth-order valence-electron chi connectivity index (χ4n) is 1.74. The first-order valence-electron chi connectivity index (χ1n) is 6.11. The first kappa shape index (κ1) is 15.1. The van der Waals surface area contributed by atoms with E-state index in [0.717, 1.165) is 12.8 Å². The van der Waals surface area contributed by atoms with Gasteiger partial charge in [-0.2, -0.15) is 0 Å². The van der Waals surface area contributed by atoms with Gasteiger partial charge in [-0.05, 0) is 38.1 Å². The number of amides is 1. The molecular weight excluding hydrogens is 264 g/mol. The molecule has 0 saturated heterocycles. The molecule has 0 fully saturated rings. The van der Waals surface area contributed by atoms with Crippen molar-refractivity contribution in [2.45, 2.75) is 39.2 Å². The number of hydrogen-bond acceptors (Lipinski definition) is 3. The lowest BCUT2D eigenvalue weighted by Gasteiger charge is -2.26. The number of nitrogens with two attached hydrogens (primary N) is 1. The number of thiocarbonyl (C=S) groups is 1. The Hall–Kier alpha value is -0.940. The van der Waals surface area contributed by atoms with Gasteiger partial charge in [0.1, 0.15) is 0 Å². The van der Waals surface area contributed by atoms with Crippen LogP contribution in [0.15, 0.2) is 17.5 Å². The van der Waals surface area contributed by atoms with Crippen LogP contribution in [-0.2, 0) is 11.2 Å². The SMILES string of the molecule is CC(C)N(CC(N)=S)C(=O)CCCc1cccs1. The molecule has 1 aromatic rings. The predicted octanol–water partition coefficient (Wildman–Crippen LogP) is 2.59. The average molecular weight is 284 g/mol. The van der Waals surface area contributed by atoms with Crippen molar-refractivity contribution in [1.29, 1.82) is 0 Å². The molecular formula is C13H20N2OS2. The zero-order valence-corrected chi connectivity index (χ0v) is 12.5. The van der Waals surface area contributed by atoms with Crippen molar-refractivity contribution in [3.8, 4) is 0 Å². The highest BCUT2D eigenvalue weighted by Crippen LogP contribution is 2.13. The van der Waals surface area contributed by atoms with Crippen LogP contribution in [0.2, 0.25) is 0 Å². The van der Waals surface area contributed by atoms with Crippen molar-refractivity contribution >= 4 is 34.5 Å². The van der Waals surface area contributed by atoms with Crippen LogP contribution in [-0.4, -0.2) is 28.4 Å². The second kappa shape index (κ2) is 7.48. The summed E-state index contributed by atoms with van der Waals surface area (Å²) in [5, 5.41) is 2.06. The lowest BCUT2D eigenvalue weighted by Crippen LogP contribution is -2.42. The maximum absolute atomic E-state index is 12.1. The van der Waals surface area contributed by atoms with Crippen LogP contribution in [0.5, 0.6) is 0 Å². The van der Waals surface area contributed by atoms with Crippen LogP contribution in [0, 0.1) is 0 Å². The summed E-state index contributed by atoms with van der Waals surface area (Å²) in [6, 6.07) is 4.28. The van der Waals surface area contributed by atoms with Gasteiger partial charge in [-0.1, -0.05) is 18.3 Å². The number of aryl methyl sites for hydroxylation is 1. The Balaban J connectivity index is 2.39. The Bertz CT molecular complexity index is 388. The summed E-state index contributed by atoms with van der Waals surface area (Å²) in [6.07, 6.45) is 2.39. The molecule has 2 N–H and O–H groups in total. The highest BCUT2D eigenvalue weighted by Gasteiger charge is 2.17. The lowest BCUT2D eigenvalue weighted by atomic mass is 10.2. The first-order chi connectivity index (χ1) is 8.50. The molecule has 1 amide bonds. The van der Waals surface area contributed by atoms with Gasteiger partial charge in [-0.25, -0.2) is 0 Å². The summed E-state index contributed by atoms with van der Waals surface area (Å²) < 4.78 is 0. The van der Waals surface area contributed by atoms with Gasteiger partial charge < -0.3 is 10.6 Å². The molecule has 1 rings (SSSR count). The highest BCUT2D eigenvalue weighted by atomic mass is 32.1. The Morgan fingerprint density at radius 3 is 2.78 bits per heavy atom. The van der Waals surface area contributed by atoms with E-state index < -0.39 is 0 Å². The van der Waals surface area contributed by atoms with Crippen LogP contribution in [0.25, 0.3) is 0 Å². The van der Waals surface area contributed by atoms with Crippen molar-refractivity contribution in [3.05, 3.63) is 22.4 Å². The summed E-state index contributed by atoms with van der Waals surface area (Å²) in [5.74, 6) is 0.134. The number of nitrogens with zero attached hydrogens (tertiary/aromatic N) is 1. The monoisotopic (exact) mass is 284 g/mol. The van der Waals surface area contributed by atoms with Crippen molar-refractivity contribution in [2.24, 2.45) is 5.73 Å². The van der Waals surface area contributed by atoms with Gasteiger partial charge in [-0.3, -0.25) is 4.79 Å². The van der Waals surface area contributed by atoms with E-state index in [0.29, 0.717) is 18.0 Å². The minimum Gasteiger partial charge on any atom is -0.392 e. The molecule has 0 bridgehead atoms. The number of carbonyl (C=O) groups is 1. The van der Waals surface area contributed by atoms with Gasteiger partial charge in [0, 0.05) is 17.3 Å². The van der Waals surface area contributed by atoms with E-state index in [-0.39, 0.29) is 11.9 Å². The van der Waals surface area contributed by atoms with Crippen molar-refractivity contribution < 1.29 is 4.79 Å². The van der Waals surface area contributed by atoms with E-state index in [4.69, 9.17) is 18.0 Å². The summed E-state index contributed by atoms with van der Waals surface area (Å²) in [6.45, 7) is 4.34. The fourth-order valence-corrected chi connectivity index (χ4v) is 2.63. The third-order valence-electron chi connectivity index (χ3n) is 2.66. The van der Waals surface area contributed by atoms with Gasteiger partial charge >= 0.3 is 0 Å². The molecule has 100 valence electrons. The quantitative estimate of drug-likeness (QED) is 0.783. The van der Waals surface area contributed by atoms with Crippen LogP contribution < -0.4 is 5.73 Å². The fraction of sp³-hybridized carbons (Fsp3) is 0.538. The minimum absolute atomic E-state index is 0.134. The van der Waals surface area contributed by atoms with E-state index in [1.165, 1.54) is 4.88 Å². The van der Waals surface area contributed by atoms with Gasteiger partial charge in [0.2, 0.25) is 5.91 Å². The lowest BCUT2D eigenvalue weighted by molar-refractivity contribution is -0.132. The van der Waals surface area contributed by atoms with Crippen LogP contribution in [0.1, 0.15) is 31.6 Å². The third-order valence-corrected chi connectivity index (χ3v) is 3.73. The number of thiophene rings is 1. The molecule has 0 spiro atoms. The molecule has 0 aliphatic heterocycles. The van der Waals surface area contributed by atoms with Crippen LogP contribution in [0.4, 0.5) is 0 Å². The normalized spacial score (nSPS) is 10.6. The predicted molar refractivity (Wildman–Crippen MR) is 80.9 cm³/mol. The second-order valence-electron chi connectivity index (χ2n) is 4.51. The van der Waals surface area contributed by atoms with E-state index in [2.05, 4.69) is 11.4 Å². The zero-order valence-electron chi connectivity index (χ0n) is 10.9. The molecule has 3 nitrogen and oxygen atoms in total. The summed E-state index contributed by atoms with van der Waals surface area (Å²) >= 11 is 6.61. The number of carbonyl (C=O) groups excluding carboxylic acids is 1. The third kappa shape index (κ3) is 5.14. The van der Waals surface area contributed by atoms with Gasteiger partial charge in [0.05, 0.1) is 11.5 Å². The van der Waals surface area contributed by atoms with E-state index in [1.54, 1.807) is 16.2 Å². The highest BCUT2D eigenvalue weighted by molar-refractivity contribution is 7.80. The van der Waals surface area contributed by atoms with E-state index in [1.807, 2.05) is 19.9 Å². The Labute approximate surface area is 118 Å². The number of rotatable bonds is 7. The smallest absolute Gasteiger partial charge is 0.223 e. The molecule has 0 radical (unpaired) electrons. The maximum Gasteiger partial charge on any atom is 0.223 e. The first-order valence-corrected chi connectivity index (χ1v) is 7.39. The van der Waals surface area contributed by atoms with Gasteiger partial charge in [0.25, 0.3) is 0 Å². The van der Waals surface area contributed by atoms with Crippen LogP contribution >= 0.6 is 23.6 Å². The van der Waals surface area contributed by atoms with Crippen molar-refractivity contribution in [2.75, 3.05) is 6.54 Å². The average Bonchev–Trinajstić information content (AvgIpc) is 2.78. The Morgan fingerprint density at radius 1 is 1.56 bits per heavy atom. The van der Waals surface area contributed by atoms with Crippen molar-refractivity contribution in [3.63, 3.8) is 0 Å². The molecule has 0 atom stereocenters. The van der Waals surface area contributed by atoms with Crippen molar-refractivity contribution in [1.82, 2.24) is 4.90 Å². The molecule has 1 aromatic heterocycles. The largest absolute Gasteiger partial charge is 0.392 e. The second-order valence-corrected chi connectivity index (χ2v) is 6.07. The minimum atomic E-state index is 0.134. The Morgan fingerprint density at radius 2 is 2.28 bits per heavy atom. The maximum atomic E-state index is 12.1. The van der Waals surface area contributed by atoms with E-state index in [9.17, 15) is 4.79 Å². The topological polar surface area (TPSA) is 46.3 Å². The van der Waals surface area contributed by atoms with Gasteiger partial charge in [0.15, 0.2) is 0 Å².